The van der Waals surface area contributed by atoms with Crippen LogP contribution in [0.2, 0.25) is 0 Å². The number of hydrogen-bond donors (Lipinski definition) is 14. The van der Waals surface area contributed by atoms with Crippen LogP contribution in [0.3, 0.4) is 0 Å². The van der Waals surface area contributed by atoms with E-state index in [2.05, 4.69) is 26.8 Å². The van der Waals surface area contributed by atoms with Crippen LogP contribution >= 0.6 is 0 Å². The molecule has 26 nitrogen and oxygen atoms in total. The van der Waals surface area contributed by atoms with Crippen LogP contribution in [0.5, 0.6) is 0 Å². The van der Waals surface area contributed by atoms with Crippen LogP contribution in [-0.2, 0) is 56.8 Å². The third-order valence-corrected chi connectivity index (χ3v) is 21.5. The Bertz CT molecular complexity index is 2180. The zero-order valence-corrected chi connectivity index (χ0v) is 48.4. The second-order valence-corrected chi connectivity index (χ2v) is 26.3. The Kier molecular flexibility index (Phi) is 19.9. The summed E-state index contributed by atoms with van der Waals surface area (Å²) in [7, 11) is 1.71. The second-order valence-electron chi connectivity index (χ2n) is 26.3. The second kappa shape index (κ2) is 25.5. The summed E-state index contributed by atoms with van der Waals surface area (Å²) in [6.45, 7) is 10.4. The summed E-state index contributed by atoms with van der Waals surface area (Å²) < 4.78 is 73.1. The minimum Gasteiger partial charge on any atom is -0.394 e. The van der Waals surface area contributed by atoms with Gasteiger partial charge in [0.1, 0.15) is 104 Å². The summed E-state index contributed by atoms with van der Waals surface area (Å²) >= 11 is 0. The van der Waals surface area contributed by atoms with Gasteiger partial charge in [0.15, 0.2) is 37.2 Å². The fraction of sp³-hybridized carbons (Fsp3) is 0.965. The van der Waals surface area contributed by atoms with Gasteiger partial charge in [-0.05, 0) is 106 Å². The highest BCUT2D eigenvalue weighted by Crippen LogP contribution is 2.70. The Balaban J connectivity index is 0.785. The van der Waals surface area contributed by atoms with Crippen LogP contribution in [0.4, 0.5) is 0 Å². The third kappa shape index (κ3) is 11.8. The van der Waals surface area contributed by atoms with E-state index in [9.17, 15) is 71.5 Å². The molecule has 0 spiro atoms. The summed E-state index contributed by atoms with van der Waals surface area (Å²) in [4.78, 5) is 0. The maximum absolute atomic E-state index is 12.3. The first kappa shape index (κ1) is 64.7. The number of aliphatic hydroxyl groups excluding tert-OH is 14. The van der Waals surface area contributed by atoms with Crippen molar-refractivity contribution >= 4 is 0 Å². The molecular weight excluding hydrogens is 1100 g/mol. The lowest BCUT2D eigenvalue weighted by molar-refractivity contribution is -0.380. The Morgan fingerprint density at radius 2 is 1.16 bits per heavy atom. The first-order chi connectivity index (χ1) is 39.3. The maximum atomic E-state index is 12.3. The van der Waals surface area contributed by atoms with Crippen LogP contribution in [0.1, 0.15) is 99.3 Å². The van der Waals surface area contributed by atoms with Crippen molar-refractivity contribution in [1.82, 2.24) is 0 Å². The van der Waals surface area contributed by atoms with Crippen LogP contribution in [-0.4, -0.2) is 270 Å². The highest BCUT2D eigenvalue weighted by atomic mass is 16.8. The molecule has 6 aliphatic heterocycles. The molecule has 0 aromatic rings. The van der Waals surface area contributed by atoms with Crippen LogP contribution in [0.25, 0.3) is 0 Å². The van der Waals surface area contributed by atoms with Gasteiger partial charge < -0.3 is 128 Å². The zero-order chi connectivity index (χ0) is 59.9. The lowest BCUT2D eigenvalue weighted by Gasteiger charge is -2.58. The van der Waals surface area contributed by atoms with E-state index >= 15 is 0 Å². The normalized spacial score (nSPS) is 54.8. The molecule has 35 atom stereocenters. The quantitative estimate of drug-likeness (QED) is 0.0614. The number of aliphatic hydroxyl groups is 14. The summed E-state index contributed by atoms with van der Waals surface area (Å²) in [5.74, 6) is 0.718. The molecule has 0 aromatic heterocycles. The Morgan fingerprint density at radius 3 is 1.82 bits per heavy atom. The third-order valence-electron chi connectivity index (χ3n) is 21.5. The molecule has 26 heteroatoms. The highest BCUT2D eigenvalue weighted by Gasteiger charge is 2.68. The molecule has 6 saturated heterocycles. The van der Waals surface area contributed by atoms with Crippen molar-refractivity contribution in [1.29, 1.82) is 0 Å². The standard InChI is InChI=1S/C57H94O26/c1-22(20-73-51-45(69)42(66)38(62)32(18-58)78-51)10-15-57(72-7)23(2)35-31(83-57)17-30-28-9-8-26-16-27(11-13-55(26,5)29(28)12-14-56(30,35)6)77-54-49(82-52-46(70)41(65)37(61)25(4)76-52)47(71)48(33(19-59)79-54)81-53-43(67)39(63)34(80-53)21-74-50-44(68)40(64)36(60)24(3)75-50/h8,22-25,27-54,58-71H,9-21H2,1-7H3/t22-,23+,24+,25+,27+,28-,29+,30+,31+,32-,33-,34+,35+,36+,37+,38-,39+,40-,41-,42+,43-,44-,45-,46-,47+,48-,49-,50-,51-,52+,53+,54-,55+,56+,57+/m1/s1. The summed E-state index contributed by atoms with van der Waals surface area (Å²) in [6, 6.07) is 0. The summed E-state index contributed by atoms with van der Waals surface area (Å²) in [5.41, 5.74) is 1.10. The average molecular weight is 1200 g/mol. The predicted molar refractivity (Wildman–Crippen MR) is 280 cm³/mol. The molecule has 0 amide bonds. The lowest BCUT2D eigenvalue weighted by atomic mass is 9.47. The number of hydrogen-bond acceptors (Lipinski definition) is 26. The monoisotopic (exact) mass is 1190 g/mol. The lowest BCUT2D eigenvalue weighted by Crippen LogP contribution is -2.65. The van der Waals surface area contributed by atoms with E-state index in [0.29, 0.717) is 43.4 Å². The van der Waals surface area contributed by atoms with E-state index in [0.717, 1.165) is 32.1 Å². The van der Waals surface area contributed by atoms with E-state index in [1.54, 1.807) is 7.11 Å². The number of allylic oxidation sites excluding steroid dienone is 1. The van der Waals surface area contributed by atoms with Crippen molar-refractivity contribution in [2.45, 2.75) is 265 Å². The largest absolute Gasteiger partial charge is 0.394 e. The molecule has 0 bridgehead atoms. The summed E-state index contributed by atoms with van der Waals surface area (Å²) in [6.07, 6.45) is -26.4. The molecule has 10 aliphatic rings. The van der Waals surface area contributed by atoms with Crippen molar-refractivity contribution in [2.75, 3.05) is 33.5 Å². The zero-order valence-electron chi connectivity index (χ0n) is 48.4. The highest BCUT2D eigenvalue weighted by molar-refractivity contribution is 5.26. The van der Waals surface area contributed by atoms with E-state index in [4.69, 9.17) is 56.8 Å². The number of fused-ring (bicyclic) bond motifs is 7. The molecule has 0 radical (unpaired) electrons. The van der Waals surface area contributed by atoms with Gasteiger partial charge in [0.25, 0.3) is 0 Å². The molecule has 0 aromatic carbocycles. The van der Waals surface area contributed by atoms with Crippen LogP contribution < -0.4 is 0 Å². The number of methoxy groups -OCH3 is 1. The van der Waals surface area contributed by atoms with Crippen molar-refractivity contribution < 1.29 is 128 Å². The molecule has 0 unspecified atom stereocenters. The Hall–Kier alpha value is -1.30. The Morgan fingerprint density at radius 1 is 0.590 bits per heavy atom. The fourth-order valence-corrected chi connectivity index (χ4v) is 16.4. The predicted octanol–water partition coefficient (Wildman–Crippen LogP) is -2.86. The molecule has 4 aliphatic carbocycles. The molecular formula is C57H94O26. The van der Waals surface area contributed by atoms with Crippen LogP contribution in [0.15, 0.2) is 11.6 Å². The van der Waals surface area contributed by atoms with Crippen LogP contribution in [0, 0.1) is 46.3 Å². The van der Waals surface area contributed by atoms with Gasteiger partial charge in [-0.2, -0.15) is 0 Å². The van der Waals surface area contributed by atoms with Gasteiger partial charge in [-0.15, -0.1) is 0 Å². The van der Waals surface area contributed by atoms with Crippen molar-refractivity contribution in [3.05, 3.63) is 11.6 Å². The smallest absolute Gasteiger partial charge is 0.187 e. The van der Waals surface area contributed by atoms with E-state index in [1.165, 1.54) is 19.4 Å². The topological polar surface area (TPSA) is 394 Å². The SMILES string of the molecule is CO[C@@]1(CC[C@@H](C)CO[C@@H]2O[C@H](CO)[C@@H](O)[C@H](O)[C@H]2O)O[C@H]2C[C@H]3[C@@H]4CC=C5C[C@@H](O[C@@H]6O[C@H](CO)[C@@H](O[C@@H]7O[C@@H](CO[C@@H]8O[C@@H](C)[C@H](O)[C@@H](O)[C@H]8O)[C@H](O)[C@H]7O)[C@H](O)[C@H]6O[C@@H]6O[C@@H](C)[C@H](O)[C@@H](O)[C@H]6O)CC[C@]5(C)[C@H]4CC[C@]3(C)[C@H]2[C@@H]1C. The van der Waals surface area contributed by atoms with Gasteiger partial charge in [0.05, 0.1) is 50.8 Å². The van der Waals surface area contributed by atoms with Gasteiger partial charge in [0, 0.05) is 19.4 Å². The average Bonchev–Trinajstić information content (AvgIpc) is 1.61. The molecule has 9 fully saturated rings. The first-order valence-corrected chi connectivity index (χ1v) is 30.1. The van der Waals surface area contributed by atoms with Gasteiger partial charge in [-0.1, -0.05) is 39.3 Å². The van der Waals surface area contributed by atoms with E-state index in [-0.39, 0.29) is 41.3 Å². The minimum absolute atomic E-state index is 0.00115. The van der Waals surface area contributed by atoms with Gasteiger partial charge in [-0.25, -0.2) is 0 Å². The molecule has 10 rings (SSSR count). The fourth-order valence-electron chi connectivity index (χ4n) is 16.4. The Labute approximate surface area is 483 Å². The molecule has 14 N–H and O–H groups in total. The molecule has 3 saturated carbocycles. The van der Waals surface area contributed by atoms with E-state index < -0.39 is 179 Å². The van der Waals surface area contributed by atoms with Crippen molar-refractivity contribution in [3.8, 4) is 0 Å². The van der Waals surface area contributed by atoms with Crippen molar-refractivity contribution in [3.63, 3.8) is 0 Å². The first-order valence-electron chi connectivity index (χ1n) is 30.1. The van der Waals surface area contributed by atoms with Gasteiger partial charge in [0.2, 0.25) is 0 Å². The molecule has 478 valence electrons. The van der Waals surface area contributed by atoms with Gasteiger partial charge >= 0.3 is 0 Å². The van der Waals surface area contributed by atoms with Gasteiger partial charge in [-0.3, -0.25) is 0 Å². The molecule has 6 heterocycles. The number of ether oxygens (including phenoxy) is 12. The van der Waals surface area contributed by atoms with Crippen molar-refractivity contribution in [2.24, 2.45) is 46.3 Å². The minimum atomic E-state index is -1.79. The summed E-state index contributed by atoms with van der Waals surface area (Å²) in [5, 5.41) is 149. The molecule has 83 heavy (non-hydrogen) atoms. The van der Waals surface area contributed by atoms with E-state index in [1.807, 2.05) is 6.92 Å². The maximum Gasteiger partial charge on any atom is 0.187 e. The number of rotatable bonds is 18.